The topological polar surface area (TPSA) is 66.9 Å². The number of hydrogen-bond donors (Lipinski definition) is 2. The lowest BCUT2D eigenvalue weighted by atomic mass is 10.1. The number of carbonyl (C=O) groups is 1. The monoisotopic (exact) mass is 437 g/mol. The molecule has 2 heterocycles. The Bertz CT molecular complexity index is 1380. The number of allylic oxidation sites excluding steroid dienone is 1. The summed E-state index contributed by atoms with van der Waals surface area (Å²) in [7, 11) is 0. The van der Waals surface area contributed by atoms with Gasteiger partial charge in [-0.05, 0) is 61.0 Å². The van der Waals surface area contributed by atoms with Crippen LogP contribution in [0.2, 0.25) is 0 Å². The van der Waals surface area contributed by atoms with Crippen molar-refractivity contribution < 1.29 is 18.0 Å². The van der Waals surface area contributed by atoms with E-state index >= 15 is 0 Å². The van der Waals surface area contributed by atoms with E-state index in [0.717, 1.165) is 23.3 Å². The van der Waals surface area contributed by atoms with Gasteiger partial charge in [-0.1, -0.05) is 24.3 Å². The summed E-state index contributed by atoms with van der Waals surface area (Å²) in [4.78, 5) is 28.1. The average molecular weight is 437 g/mol. The Morgan fingerprint density at radius 1 is 1.00 bits per heavy atom. The number of anilines is 1. The molecule has 0 unspecified atom stereocenters. The smallest absolute Gasteiger partial charge is 0.336 e. The molecule has 4 aromatic rings. The minimum absolute atomic E-state index is 0.204. The van der Waals surface area contributed by atoms with Crippen LogP contribution in [0, 0.1) is 0 Å². The summed E-state index contributed by atoms with van der Waals surface area (Å²) in [5, 5.41) is 3.33. The van der Waals surface area contributed by atoms with Crippen LogP contribution in [-0.2, 0) is 6.18 Å². The van der Waals surface area contributed by atoms with Crippen LogP contribution < -0.4 is 10.9 Å². The standard InChI is InChI=1S/C24H18F3N3O2/c1-14(2)15-3-8-18(9-4-15)28-23(32)20-13-16-5-12-21(31)30(22(16)29-20)19-10-6-17(7-11-19)24(25,26)27/h3-13,29H,1H2,2H3,(H,28,32). The molecule has 32 heavy (non-hydrogen) atoms. The normalized spacial score (nSPS) is 11.5. The lowest BCUT2D eigenvalue weighted by Gasteiger charge is -2.10. The van der Waals surface area contributed by atoms with Crippen molar-refractivity contribution in [2.24, 2.45) is 0 Å². The fraction of sp³-hybridized carbons (Fsp3) is 0.0833. The molecule has 1 amide bonds. The largest absolute Gasteiger partial charge is 0.416 e. The molecule has 0 aliphatic heterocycles. The van der Waals surface area contributed by atoms with E-state index in [-0.39, 0.29) is 11.4 Å². The molecular weight excluding hydrogens is 419 g/mol. The number of H-pyrrole nitrogens is 1. The number of pyridine rings is 1. The van der Waals surface area contributed by atoms with E-state index in [0.29, 0.717) is 16.7 Å². The maximum absolute atomic E-state index is 12.9. The number of hydrogen-bond acceptors (Lipinski definition) is 2. The van der Waals surface area contributed by atoms with Gasteiger partial charge >= 0.3 is 6.18 Å². The fourth-order valence-corrected chi connectivity index (χ4v) is 3.33. The molecule has 0 atom stereocenters. The molecule has 0 aliphatic carbocycles. The van der Waals surface area contributed by atoms with Crippen LogP contribution in [0.3, 0.4) is 0 Å². The van der Waals surface area contributed by atoms with Crippen LogP contribution in [0.25, 0.3) is 22.3 Å². The first kappa shape index (κ1) is 21.2. The number of nitrogens with one attached hydrogen (secondary N) is 2. The minimum atomic E-state index is -4.48. The van der Waals surface area contributed by atoms with E-state index in [1.807, 2.05) is 19.1 Å². The van der Waals surface area contributed by atoms with Crippen LogP contribution in [0.5, 0.6) is 0 Å². The van der Waals surface area contributed by atoms with Gasteiger partial charge in [-0.25, -0.2) is 0 Å². The molecule has 5 nitrogen and oxygen atoms in total. The number of aromatic amines is 1. The van der Waals surface area contributed by atoms with Gasteiger partial charge < -0.3 is 10.3 Å². The predicted molar refractivity (Wildman–Crippen MR) is 118 cm³/mol. The van der Waals surface area contributed by atoms with Gasteiger partial charge in [0.1, 0.15) is 11.3 Å². The van der Waals surface area contributed by atoms with E-state index in [2.05, 4.69) is 16.9 Å². The number of fused-ring (bicyclic) bond motifs is 1. The molecule has 2 aromatic carbocycles. The summed E-state index contributed by atoms with van der Waals surface area (Å²) >= 11 is 0. The van der Waals surface area contributed by atoms with Gasteiger partial charge in [-0.3, -0.25) is 14.2 Å². The second kappa shape index (κ2) is 7.88. The average Bonchev–Trinajstić information content (AvgIpc) is 3.18. The third kappa shape index (κ3) is 4.07. The first-order valence-corrected chi connectivity index (χ1v) is 9.63. The number of benzene rings is 2. The third-order valence-electron chi connectivity index (χ3n) is 5.01. The molecule has 0 fully saturated rings. The third-order valence-corrected chi connectivity index (χ3v) is 5.01. The maximum Gasteiger partial charge on any atom is 0.416 e. The molecule has 0 aliphatic rings. The lowest BCUT2D eigenvalue weighted by molar-refractivity contribution is -0.137. The van der Waals surface area contributed by atoms with Gasteiger partial charge in [0.2, 0.25) is 0 Å². The van der Waals surface area contributed by atoms with Gasteiger partial charge in [0.05, 0.1) is 11.3 Å². The van der Waals surface area contributed by atoms with Crippen molar-refractivity contribution in [1.82, 2.24) is 9.55 Å². The summed E-state index contributed by atoms with van der Waals surface area (Å²) in [6.07, 6.45) is -4.48. The lowest BCUT2D eigenvalue weighted by Crippen LogP contribution is -2.18. The van der Waals surface area contributed by atoms with E-state index in [4.69, 9.17) is 0 Å². The minimum Gasteiger partial charge on any atom is -0.336 e. The molecule has 0 saturated heterocycles. The van der Waals surface area contributed by atoms with Crippen molar-refractivity contribution in [1.29, 1.82) is 0 Å². The molecule has 0 bridgehead atoms. The Hall–Kier alpha value is -4.07. The summed E-state index contributed by atoms with van der Waals surface area (Å²) in [6.45, 7) is 5.75. The predicted octanol–water partition coefficient (Wildman–Crippen LogP) is 5.62. The van der Waals surface area contributed by atoms with E-state index in [1.165, 1.54) is 22.8 Å². The van der Waals surface area contributed by atoms with Crippen molar-refractivity contribution in [3.63, 3.8) is 0 Å². The second-order valence-electron chi connectivity index (χ2n) is 7.35. The number of amides is 1. The summed E-state index contributed by atoms with van der Waals surface area (Å²) in [5.74, 6) is -0.421. The van der Waals surface area contributed by atoms with E-state index in [1.54, 1.807) is 24.3 Å². The van der Waals surface area contributed by atoms with Crippen LogP contribution in [0.1, 0.15) is 28.5 Å². The quantitative estimate of drug-likeness (QED) is 0.435. The van der Waals surface area contributed by atoms with Gasteiger partial charge in [0, 0.05) is 17.1 Å². The van der Waals surface area contributed by atoms with Crippen LogP contribution in [0.4, 0.5) is 18.9 Å². The summed E-state index contributed by atoms with van der Waals surface area (Å²) in [5.41, 5.74) is 1.94. The highest BCUT2D eigenvalue weighted by molar-refractivity contribution is 6.05. The highest BCUT2D eigenvalue weighted by Crippen LogP contribution is 2.30. The van der Waals surface area contributed by atoms with Gasteiger partial charge in [-0.15, -0.1) is 0 Å². The van der Waals surface area contributed by atoms with Crippen molar-refractivity contribution in [2.75, 3.05) is 5.32 Å². The maximum atomic E-state index is 12.9. The zero-order chi connectivity index (χ0) is 23.0. The number of alkyl halides is 3. The zero-order valence-electron chi connectivity index (χ0n) is 17.0. The first-order chi connectivity index (χ1) is 15.1. The molecular formula is C24H18F3N3O2. The SMILES string of the molecule is C=C(C)c1ccc(NC(=O)c2cc3ccc(=O)n(-c4ccc(C(F)(F)F)cc4)c3[nH]2)cc1. The van der Waals surface area contributed by atoms with Gasteiger partial charge in [0.25, 0.3) is 11.5 Å². The number of carbonyl (C=O) groups excluding carboxylic acids is 1. The summed E-state index contributed by atoms with van der Waals surface area (Å²) < 4.78 is 39.8. The highest BCUT2D eigenvalue weighted by atomic mass is 19.4. The Balaban J connectivity index is 1.68. The molecule has 8 heteroatoms. The number of nitrogens with zero attached hydrogens (tertiary/aromatic N) is 1. The van der Waals surface area contributed by atoms with Crippen molar-refractivity contribution in [2.45, 2.75) is 13.1 Å². The van der Waals surface area contributed by atoms with Gasteiger partial charge in [0.15, 0.2) is 0 Å². The Morgan fingerprint density at radius 2 is 1.66 bits per heavy atom. The van der Waals surface area contributed by atoms with Crippen molar-refractivity contribution in [3.05, 3.63) is 100 Å². The number of rotatable bonds is 4. The first-order valence-electron chi connectivity index (χ1n) is 9.63. The van der Waals surface area contributed by atoms with Crippen LogP contribution in [0.15, 0.2) is 78.1 Å². The Morgan fingerprint density at radius 3 is 2.25 bits per heavy atom. The van der Waals surface area contributed by atoms with Gasteiger partial charge in [-0.2, -0.15) is 13.2 Å². The molecule has 0 spiro atoms. The number of halogens is 3. The Kier molecular flexibility index (Phi) is 5.22. The fourth-order valence-electron chi connectivity index (χ4n) is 3.33. The summed E-state index contributed by atoms with van der Waals surface area (Å²) in [6, 6.07) is 15.9. The molecule has 2 aromatic heterocycles. The van der Waals surface area contributed by atoms with Crippen LogP contribution >= 0.6 is 0 Å². The van der Waals surface area contributed by atoms with E-state index < -0.39 is 23.2 Å². The molecule has 162 valence electrons. The van der Waals surface area contributed by atoms with Crippen molar-refractivity contribution in [3.8, 4) is 5.69 Å². The highest BCUT2D eigenvalue weighted by Gasteiger charge is 2.30. The molecule has 2 N–H and O–H groups in total. The number of aromatic nitrogens is 2. The molecule has 4 rings (SSSR count). The van der Waals surface area contributed by atoms with E-state index in [9.17, 15) is 22.8 Å². The second-order valence-corrected chi connectivity index (χ2v) is 7.35. The molecule has 0 radical (unpaired) electrons. The van der Waals surface area contributed by atoms with Crippen LogP contribution in [-0.4, -0.2) is 15.5 Å². The van der Waals surface area contributed by atoms with Crippen molar-refractivity contribution >= 4 is 28.2 Å². The molecule has 0 saturated carbocycles. The Labute approximate surface area is 180 Å². The zero-order valence-corrected chi connectivity index (χ0v) is 17.0.